The molecule has 1 atom stereocenters. The standard InChI is InChI=1S/C29H28N6O2/c1-5-23(36)34-22-14-11-20(15-17(22)2)27-25(26-28(30)31-16-32-29(26)35(27)4)19-9-12-21(13-10-19)37-24-8-6-7-18(3)33-24/h5-16,23,34,36H,1H2,2-4H3,(H2,30,31,32). The van der Waals surface area contributed by atoms with Gasteiger partial charge in [-0.05, 0) is 66.9 Å². The Labute approximate surface area is 215 Å². The average molecular weight is 493 g/mol. The molecule has 3 heterocycles. The van der Waals surface area contributed by atoms with Gasteiger partial charge in [0, 0.05) is 30.1 Å². The van der Waals surface area contributed by atoms with Gasteiger partial charge in [-0.3, -0.25) is 0 Å². The number of nitrogens with one attached hydrogen (secondary N) is 1. The van der Waals surface area contributed by atoms with Gasteiger partial charge in [-0.2, -0.15) is 0 Å². The topological polar surface area (TPSA) is 111 Å². The van der Waals surface area contributed by atoms with Crippen LogP contribution in [-0.2, 0) is 7.05 Å². The molecule has 3 aromatic heterocycles. The molecule has 2 aromatic carbocycles. The number of nitrogens with zero attached hydrogens (tertiary/aromatic N) is 4. The van der Waals surface area contributed by atoms with Crippen molar-refractivity contribution in [3.05, 3.63) is 90.9 Å². The molecule has 186 valence electrons. The SMILES string of the molecule is C=CC(O)Nc1ccc(-c2c(-c3ccc(Oc4cccc(C)n4)cc3)c3c(N)ncnc3n2C)cc1C. The first-order valence-corrected chi connectivity index (χ1v) is 11.8. The van der Waals surface area contributed by atoms with Crippen LogP contribution >= 0.6 is 0 Å². The highest BCUT2D eigenvalue weighted by Gasteiger charge is 2.22. The summed E-state index contributed by atoms with van der Waals surface area (Å²) in [5, 5.41) is 13.8. The fraction of sp³-hybridized carbons (Fsp3) is 0.138. The van der Waals surface area contributed by atoms with E-state index >= 15 is 0 Å². The second kappa shape index (κ2) is 9.75. The minimum absolute atomic E-state index is 0.412. The number of hydrogen-bond acceptors (Lipinski definition) is 7. The van der Waals surface area contributed by atoms with Crippen LogP contribution in [0.15, 0.2) is 79.6 Å². The summed E-state index contributed by atoms with van der Waals surface area (Å²) in [4.78, 5) is 13.2. The fourth-order valence-corrected chi connectivity index (χ4v) is 4.47. The molecule has 0 fully saturated rings. The summed E-state index contributed by atoms with van der Waals surface area (Å²) in [6.07, 6.45) is 2.09. The maximum Gasteiger partial charge on any atom is 0.219 e. The van der Waals surface area contributed by atoms with E-state index in [1.54, 1.807) is 0 Å². The predicted octanol–water partition coefficient (Wildman–Crippen LogP) is 5.60. The number of nitrogens with two attached hydrogens (primary N) is 1. The van der Waals surface area contributed by atoms with Gasteiger partial charge in [-0.1, -0.05) is 30.8 Å². The average Bonchev–Trinajstić information content (AvgIpc) is 3.19. The number of benzene rings is 2. The molecule has 0 aliphatic carbocycles. The number of anilines is 2. The first-order chi connectivity index (χ1) is 17.9. The molecule has 0 saturated heterocycles. The summed E-state index contributed by atoms with van der Waals surface area (Å²) in [6, 6.07) is 19.5. The molecule has 0 amide bonds. The smallest absolute Gasteiger partial charge is 0.219 e. The van der Waals surface area contributed by atoms with Crippen molar-refractivity contribution in [3.8, 4) is 34.0 Å². The van der Waals surface area contributed by atoms with Crippen LogP contribution in [0.3, 0.4) is 0 Å². The van der Waals surface area contributed by atoms with E-state index in [1.807, 2.05) is 80.1 Å². The monoisotopic (exact) mass is 492 g/mol. The van der Waals surface area contributed by atoms with Gasteiger partial charge in [0.1, 0.15) is 29.8 Å². The maximum absolute atomic E-state index is 9.94. The molecule has 8 nitrogen and oxygen atoms in total. The van der Waals surface area contributed by atoms with Crippen LogP contribution < -0.4 is 15.8 Å². The summed E-state index contributed by atoms with van der Waals surface area (Å²) in [5.41, 5.74) is 13.6. The molecule has 0 saturated carbocycles. The van der Waals surface area contributed by atoms with Crippen LogP contribution in [0.1, 0.15) is 11.3 Å². The Morgan fingerprint density at radius 2 is 1.81 bits per heavy atom. The van der Waals surface area contributed by atoms with Gasteiger partial charge in [0.15, 0.2) is 0 Å². The summed E-state index contributed by atoms with van der Waals surface area (Å²) in [7, 11) is 1.97. The number of aliphatic hydroxyl groups excluding tert-OH is 1. The maximum atomic E-state index is 9.94. The van der Waals surface area contributed by atoms with Gasteiger partial charge in [0.25, 0.3) is 0 Å². The number of aryl methyl sites for hydroxylation is 3. The summed E-state index contributed by atoms with van der Waals surface area (Å²) < 4.78 is 7.98. The lowest BCUT2D eigenvalue weighted by atomic mass is 9.97. The van der Waals surface area contributed by atoms with E-state index in [0.717, 1.165) is 50.4 Å². The van der Waals surface area contributed by atoms with E-state index in [9.17, 15) is 5.11 Å². The zero-order valence-electron chi connectivity index (χ0n) is 20.9. The molecule has 0 bridgehead atoms. The van der Waals surface area contributed by atoms with Crippen LogP contribution in [0, 0.1) is 13.8 Å². The van der Waals surface area contributed by atoms with Crippen LogP contribution in [0.2, 0.25) is 0 Å². The van der Waals surface area contributed by atoms with E-state index in [2.05, 4.69) is 32.9 Å². The first-order valence-electron chi connectivity index (χ1n) is 11.8. The van der Waals surface area contributed by atoms with E-state index in [-0.39, 0.29) is 0 Å². The van der Waals surface area contributed by atoms with Crippen molar-refractivity contribution in [2.75, 3.05) is 11.1 Å². The van der Waals surface area contributed by atoms with Crippen molar-refractivity contribution in [3.63, 3.8) is 0 Å². The van der Waals surface area contributed by atoms with Crippen LogP contribution in [0.4, 0.5) is 11.5 Å². The largest absolute Gasteiger partial charge is 0.439 e. The number of aliphatic hydroxyl groups is 1. The van der Waals surface area contributed by atoms with Crippen LogP contribution in [0.25, 0.3) is 33.4 Å². The summed E-state index contributed by atoms with van der Waals surface area (Å²) in [6.45, 7) is 7.54. The molecule has 5 aromatic rings. The third-order valence-electron chi connectivity index (χ3n) is 6.25. The predicted molar refractivity (Wildman–Crippen MR) is 147 cm³/mol. The van der Waals surface area contributed by atoms with E-state index in [1.165, 1.54) is 12.4 Å². The number of aromatic nitrogens is 4. The Morgan fingerprint density at radius 3 is 2.51 bits per heavy atom. The minimum Gasteiger partial charge on any atom is -0.439 e. The summed E-state index contributed by atoms with van der Waals surface area (Å²) >= 11 is 0. The lowest BCUT2D eigenvalue weighted by Crippen LogP contribution is -2.15. The first kappa shape index (κ1) is 24.0. The van der Waals surface area contributed by atoms with Gasteiger partial charge in [-0.25, -0.2) is 15.0 Å². The number of hydrogen-bond donors (Lipinski definition) is 3. The number of pyridine rings is 1. The number of fused-ring (bicyclic) bond motifs is 1. The normalized spacial score (nSPS) is 11.9. The molecule has 37 heavy (non-hydrogen) atoms. The molecule has 5 rings (SSSR count). The third kappa shape index (κ3) is 4.62. The Kier molecular flexibility index (Phi) is 6.33. The Hall–Kier alpha value is -4.69. The van der Waals surface area contributed by atoms with E-state index in [4.69, 9.17) is 10.5 Å². The Bertz CT molecular complexity index is 1610. The van der Waals surface area contributed by atoms with Gasteiger partial charge < -0.3 is 25.5 Å². The zero-order valence-corrected chi connectivity index (χ0v) is 20.9. The fourth-order valence-electron chi connectivity index (χ4n) is 4.47. The molecule has 0 spiro atoms. The third-order valence-corrected chi connectivity index (χ3v) is 6.25. The van der Waals surface area contributed by atoms with E-state index < -0.39 is 6.23 Å². The molecule has 0 radical (unpaired) electrons. The molecule has 4 N–H and O–H groups in total. The van der Waals surface area contributed by atoms with E-state index in [0.29, 0.717) is 17.4 Å². The highest BCUT2D eigenvalue weighted by atomic mass is 16.5. The van der Waals surface area contributed by atoms with Crippen LogP contribution in [-0.4, -0.2) is 30.9 Å². The number of ether oxygens (including phenoxy) is 1. The van der Waals surface area contributed by atoms with Crippen molar-refractivity contribution >= 4 is 22.5 Å². The Balaban J connectivity index is 1.61. The minimum atomic E-state index is -0.830. The van der Waals surface area contributed by atoms with Gasteiger partial charge >= 0.3 is 0 Å². The quantitative estimate of drug-likeness (QED) is 0.200. The second-order valence-corrected chi connectivity index (χ2v) is 8.84. The van der Waals surface area contributed by atoms with Crippen molar-refractivity contribution in [1.29, 1.82) is 0 Å². The zero-order chi connectivity index (χ0) is 26.1. The summed E-state index contributed by atoms with van der Waals surface area (Å²) in [5.74, 6) is 1.64. The van der Waals surface area contributed by atoms with Gasteiger partial charge in [0.05, 0.1) is 11.1 Å². The lowest BCUT2D eigenvalue weighted by Gasteiger charge is -2.15. The molecular weight excluding hydrogens is 464 g/mol. The molecule has 0 aliphatic heterocycles. The molecule has 1 unspecified atom stereocenters. The van der Waals surface area contributed by atoms with Crippen LogP contribution in [0.5, 0.6) is 11.6 Å². The van der Waals surface area contributed by atoms with Gasteiger partial charge in [0.2, 0.25) is 5.88 Å². The van der Waals surface area contributed by atoms with Crippen molar-refractivity contribution in [2.24, 2.45) is 7.05 Å². The number of nitrogen functional groups attached to an aromatic ring is 1. The van der Waals surface area contributed by atoms with Crippen molar-refractivity contribution < 1.29 is 9.84 Å². The number of rotatable bonds is 7. The highest BCUT2D eigenvalue weighted by Crippen LogP contribution is 2.42. The second-order valence-electron chi connectivity index (χ2n) is 8.84. The Morgan fingerprint density at radius 1 is 1.05 bits per heavy atom. The molecule has 8 heteroatoms. The van der Waals surface area contributed by atoms with Crippen molar-refractivity contribution in [2.45, 2.75) is 20.1 Å². The van der Waals surface area contributed by atoms with Crippen molar-refractivity contribution in [1.82, 2.24) is 19.5 Å². The van der Waals surface area contributed by atoms with Gasteiger partial charge in [-0.15, -0.1) is 0 Å². The molecular formula is C29H28N6O2. The highest BCUT2D eigenvalue weighted by molar-refractivity contribution is 6.07. The molecule has 0 aliphatic rings. The lowest BCUT2D eigenvalue weighted by molar-refractivity contribution is 0.252.